The summed E-state index contributed by atoms with van der Waals surface area (Å²) in [4.78, 5) is 11.1. The van der Waals surface area contributed by atoms with Crippen LogP contribution in [-0.4, -0.2) is 36.7 Å². The molecule has 0 heterocycles. The van der Waals surface area contributed by atoms with E-state index in [4.69, 9.17) is 5.11 Å². The first-order chi connectivity index (χ1) is 9.56. The molecule has 118 valence electrons. The Kier molecular flexibility index (Phi) is 5.14. The molecule has 1 atom stereocenters. The molecule has 0 amide bonds. The molecule has 1 unspecified atom stereocenters. The summed E-state index contributed by atoms with van der Waals surface area (Å²) in [5.74, 6) is -1.18. The van der Waals surface area contributed by atoms with Crippen molar-refractivity contribution in [1.29, 1.82) is 0 Å². The Morgan fingerprint density at radius 2 is 1.86 bits per heavy atom. The number of nitrogens with one attached hydrogen (secondary N) is 1. The SMILES string of the molecule is CCC(C)(CO)NS(=O)(=O)c1cc(C(=O)O)c(C)cc1C. The number of carboxylic acid groups (broad SMARTS) is 1. The van der Waals surface area contributed by atoms with Crippen molar-refractivity contribution < 1.29 is 23.4 Å². The molecule has 0 saturated carbocycles. The second-order valence-electron chi connectivity index (χ2n) is 5.42. The Hall–Kier alpha value is -1.44. The largest absolute Gasteiger partial charge is 0.478 e. The van der Waals surface area contributed by atoms with E-state index in [1.54, 1.807) is 27.7 Å². The van der Waals surface area contributed by atoms with E-state index in [0.29, 0.717) is 17.5 Å². The molecule has 0 bridgehead atoms. The van der Waals surface area contributed by atoms with Gasteiger partial charge in [-0.2, -0.15) is 0 Å². The zero-order valence-electron chi connectivity index (χ0n) is 12.6. The lowest BCUT2D eigenvalue weighted by molar-refractivity contribution is 0.0696. The number of aliphatic hydroxyl groups is 1. The number of aromatic carboxylic acids is 1. The summed E-state index contributed by atoms with van der Waals surface area (Å²) in [6, 6.07) is 2.68. The molecule has 0 saturated heterocycles. The maximum atomic E-state index is 12.5. The van der Waals surface area contributed by atoms with Gasteiger partial charge in [-0.25, -0.2) is 17.9 Å². The molecule has 7 heteroatoms. The fraction of sp³-hybridized carbons (Fsp3) is 0.500. The molecule has 1 aromatic rings. The molecule has 6 nitrogen and oxygen atoms in total. The van der Waals surface area contributed by atoms with Gasteiger partial charge in [0.25, 0.3) is 0 Å². The predicted octanol–water partition coefficient (Wildman–Crippen LogP) is 1.44. The molecule has 1 rings (SSSR count). The van der Waals surface area contributed by atoms with Gasteiger partial charge in [0.15, 0.2) is 0 Å². The highest BCUT2D eigenvalue weighted by Gasteiger charge is 2.30. The summed E-state index contributed by atoms with van der Waals surface area (Å²) in [5, 5.41) is 18.4. The Labute approximate surface area is 124 Å². The highest BCUT2D eigenvalue weighted by Crippen LogP contribution is 2.23. The summed E-state index contributed by atoms with van der Waals surface area (Å²) in [5.41, 5.74) is -0.0801. The first kappa shape index (κ1) is 17.6. The molecule has 21 heavy (non-hydrogen) atoms. The second kappa shape index (κ2) is 6.13. The smallest absolute Gasteiger partial charge is 0.335 e. The van der Waals surface area contributed by atoms with E-state index in [9.17, 15) is 18.3 Å². The normalized spacial score (nSPS) is 14.7. The van der Waals surface area contributed by atoms with Gasteiger partial charge in [-0.05, 0) is 44.4 Å². The highest BCUT2D eigenvalue weighted by molar-refractivity contribution is 7.89. The van der Waals surface area contributed by atoms with Crippen molar-refractivity contribution in [3.63, 3.8) is 0 Å². The van der Waals surface area contributed by atoms with Crippen molar-refractivity contribution in [2.24, 2.45) is 0 Å². The average Bonchev–Trinajstić information content (AvgIpc) is 2.37. The maximum Gasteiger partial charge on any atom is 0.335 e. The monoisotopic (exact) mass is 315 g/mol. The van der Waals surface area contributed by atoms with Crippen molar-refractivity contribution in [3.8, 4) is 0 Å². The number of aliphatic hydroxyl groups excluding tert-OH is 1. The molecule has 0 aromatic heterocycles. The standard InChI is InChI=1S/C14H21NO5S/c1-5-14(4,8-16)15-21(19,20)12-7-11(13(17)18)9(2)6-10(12)3/h6-7,15-16H,5,8H2,1-4H3,(H,17,18). The first-order valence-electron chi connectivity index (χ1n) is 6.55. The summed E-state index contributed by atoms with van der Waals surface area (Å²) >= 11 is 0. The van der Waals surface area contributed by atoms with Gasteiger partial charge >= 0.3 is 5.97 Å². The number of aryl methyl sites for hydroxylation is 2. The van der Waals surface area contributed by atoms with Gasteiger partial charge in [-0.3, -0.25) is 0 Å². The van der Waals surface area contributed by atoms with Crippen LogP contribution in [0.1, 0.15) is 41.8 Å². The quantitative estimate of drug-likeness (QED) is 0.737. The van der Waals surface area contributed by atoms with E-state index in [1.165, 1.54) is 6.07 Å². The van der Waals surface area contributed by atoms with Crippen LogP contribution in [-0.2, 0) is 10.0 Å². The van der Waals surface area contributed by atoms with Crippen LogP contribution >= 0.6 is 0 Å². The number of rotatable bonds is 6. The number of sulfonamides is 1. The molecule has 0 aliphatic carbocycles. The minimum Gasteiger partial charge on any atom is -0.478 e. The summed E-state index contributed by atoms with van der Waals surface area (Å²) in [6.45, 7) is 6.22. The topological polar surface area (TPSA) is 104 Å². The Morgan fingerprint density at radius 3 is 2.29 bits per heavy atom. The van der Waals surface area contributed by atoms with Crippen LogP contribution in [0.2, 0.25) is 0 Å². The third-order valence-electron chi connectivity index (χ3n) is 3.55. The molecule has 0 aliphatic rings. The third kappa shape index (κ3) is 3.81. The molecular formula is C14H21NO5S. The third-order valence-corrected chi connectivity index (χ3v) is 5.33. The van der Waals surface area contributed by atoms with Crippen LogP contribution in [0.3, 0.4) is 0 Å². The molecule has 0 spiro atoms. The molecule has 1 aromatic carbocycles. The molecule has 0 aliphatic heterocycles. The molecule has 3 N–H and O–H groups in total. The maximum absolute atomic E-state index is 12.5. The summed E-state index contributed by atoms with van der Waals surface area (Å²) in [7, 11) is -3.92. The van der Waals surface area contributed by atoms with Crippen LogP contribution in [0.5, 0.6) is 0 Å². The number of hydrogen-bond acceptors (Lipinski definition) is 4. The van der Waals surface area contributed by atoms with Gasteiger partial charge in [0.2, 0.25) is 10.0 Å². The van der Waals surface area contributed by atoms with Crippen LogP contribution in [0, 0.1) is 13.8 Å². The van der Waals surface area contributed by atoms with Crippen molar-refractivity contribution in [1.82, 2.24) is 4.72 Å². The zero-order chi connectivity index (χ0) is 16.4. The Bertz CT molecular complexity index is 648. The van der Waals surface area contributed by atoms with Gasteiger partial charge in [0, 0.05) is 0 Å². The van der Waals surface area contributed by atoms with Crippen molar-refractivity contribution in [2.75, 3.05) is 6.61 Å². The number of benzene rings is 1. The average molecular weight is 315 g/mol. The van der Waals surface area contributed by atoms with E-state index >= 15 is 0 Å². The minimum absolute atomic E-state index is 0.0526. The van der Waals surface area contributed by atoms with Crippen molar-refractivity contribution in [3.05, 3.63) is 28.8 Å². The first-order valence-corrected chi connectivity index (χ1v) is 8.04. The molecular weight excluding hydrogens is 294 g/mol. The van der Waals surface area contributed by atoms with Gasteiger partial charge in [0.05, 0.1) is 22.6 Å². The second-order valence-corrected chi connectivity index (χ2v) is 7.07. The highest BCUT2D eigenvalue weighted by atomic mass is 32.2. The lowest BCUT2D eigenvalue weighted by atomic mass is 10.0. The van der Waals surface area contributed by atoms with E-state index in [0.717, 1.165) is 6.07 Å². The van der Waals surface area contributed by atoms with Gasteiger partial charge < -0.3 is 10.2 Å². The summed E-state index contributed by atoms with van der Waals surface area (Å²) < 4.78 is 27.4. The van der Waals surface area contributed by atoms with Gasteiger partial charge in [0.1, 0.15) is 0 Å². The van der Waals surface area contributed by atoms with Crippen molar-refractivity contribution in [2.45, 2.75) is 44.6 Å². The fourth-order valence-corrected chi connectivity index (χ4v) is 3.67. The number of carbonyl (C=O) groups is 1. The lowest BCUT2D eigenvalue weighted by Gasteiger charge is -2.27. The Balaban J connectivity index is 3.39. The lowest BCUT2D eigenvalue weighted by Crippen LogP contribution is -2.48. The predicted molar refractivity (Wildman–Crippen MR) is 79.0 cm³/mol. The van der Waals surface area contributed by atoms with E-state index < -0.39 is 21.5 Å². The van der Waals surface area contributed by atoms with Crippen molar-refractivity contribution >= 4 is 16.0 Å². The van der Waals surface area contributed by atoms with Gasteiger partial charge in [-0.1, -0.05) is 13.0 Å². The van der Waals surface area contributed by atoms with Crippen LogP contribution in [0.25, 0.3) is 0 Å². The van der Waals surface area contributed by atoms with Crippen LogP contribution < -0.4 is 4.72 Å². The van der Waals surface area contributed by atoms with E-state index in [1.807, 2.05) is 0 Å². The fourth-order valence-electron chi connectivity index (χ4n) is 1.95. The van der Waals surface area contributed by atoms with E-state index in [-0.39, 0.29) is 17.1 Å². The van der Waals surface area contributed by atoms with Crippen LogP contribution in [0.4, 0.5) is 0 Å². The summed E-state index contributed by atoms with van der Waals surface area (Å²) in [6.07, 6.45) is 0.402. The van der Waals surface area contributed by atoms with E-state index in [2.05, 4.69) is 4.72 Å². The molecule has 0 radical (unpaired) electrons. The molecule has 0 fully saturated rings. The van der Waals surface area contributed by atoms with Crippen LogP contribution in [0.15, 0.2) is 17.0 Å². The van der Waals surface area contributed by atoms with Gasteiger partial charge in [-0.15, -0.1) is 0 Å². The number of hydrogen-bond donors (Lipinski definition) is 3. The zero-order valence-corrected chi connectivity index (χ0v) is 13.4. The minimum atomic E-state index is -3.92. The Morgan fingerprint density at radius 1 is 1.29 bits per heavy atom. The number of carboxylic acids is 1.